The molecule has 112 valence electrons. The number of nitrogen functional groups attached to an aromatic ring is 1. The molecule has 0 bridgehead atoms. The van der Waals surface area contributed by atoms with Crippen molar-refractivity contribution in [2.45, 2.75) is 36.2 Å². The van der Waals surface area contributed by atoms with Crippen LogP contribution in [0.25, 0.3) is 0 Å². The number of hydrogen-bond acceptors (Lipinski definition) is 6. The Bertz CT molecular complexity index is 695. The zero-order chi connectivity index (χ0) is 15.8. The molecule has 0 fully saturated rings. The van der Waals surface area contributed by atoms with Crippen LogP contribution in [0.5, 0.6) is 0 Å². The molecule has 1 aromatic carbocycles. The minimum absolute atomic E-state index is 0.195. The van der Waals surface area contributed by atoms with Crippen LogP contribution in [0.1, 0.15) is 26.6 Å². The highest BCUT2D eigenvalue weighted by atomic mass is 32.2. The van der Waals surface area contributed by atoms with Crippen molar-refractivity contribution in [3.05, 3.63) is 40.0 Å². The summed E-state index contributed by atoms with van der Waals surface area (Å²) in [7, 11) is 0. The predicted octanol–water partition coefficient (Wildman–Crippen LogP) is 2.49. The Morgan fingerprint density at radius 3 is 2.52 bits per heavy atom. The second-order valence-corrected chi connectivity index (χ2v) is 6.41. The Labute approximate surface area is 124 Å². The fourth-order valence-corrected chi connectivity index (χ4v) is 2.40. The molecule has 0 atom stereocenters. The Balaban J connectivity index is 2.31. The van der Waals surface area contributed by atoms with E-state index in [2.05, 4.69) is 10.2 Å². The van der Waals surface area contributed by atoms with Crippen LogP contribution in [0, 0.1) is 15.9 Å². The van der Waals surface area contributed by atoms with Gasteiger partial charge in [0.25, 0.3) is 5.69 Å². The summed E-state index contributed by atoms with van der Waals surface area (Å²) in [5.41, 5.74) is -0.601. The standard InChI is InChI=1S/C12H14FN5O2S/c1-12(2,3)10-15-16-11(17(10)14)21-9-5-4-7(18(19)20)6-8(9)13/h4-6H,14H2,1-3H3. The SMILES string of the molecule is CC(C)(C)c1nnc(Sc2ccc([N+](=O)[O-])cc2F)n1N. The number of hydrogen-bond donors (Lipinski definition) is 1. The third-order valence-electron chi connectivity index (χ3n) is 2.66. The summed E-state index contributed by atoms with van der Waals surface area (Å²) in [5, 5.41) is 18.8. The van der Waals surface area contributed by atoms with Gasteiger partial charge in [-0.3, -0.25) is 10.1 Å². The molecule has 21 heavy (non-hydrogen) atoms. The lowest BCUT2D eigenvalue weighted by Gasteiger charge is -2.16. The van der Waals surface area contributed by atoms with Gasteiger partial charge in [0.15, 0.2) is 5.82 Å². The topological polar surface area (TPSA) is 99.9 Å². The number of nitrogens with zero attached hydrogens (tertiary/aromatic N) is 4. The van der Waals surface area contributed by atoms with Crippen molar-refractivity contribution >= 4 is 17.4 Å². The summed E-state index contributed by atoms with van der Waals surface area (Å²) in [6.45, 7) is 5.80. The molecule has 1 aromatic heterocycles. The highest BCUT2D eigenvalue weighted by molar-refractivity contribution is 7.99. The number of nitro benzene ring substituents is 1. The molecule has 2 aromatic rings. The van der Waals surface area contributed by atoms with Crippen LogP contribution in [0.3, 0.4) is 0 Å². The van der Waals surface area contributed by atoms with Crippen LogP contribution in [-0.2, 0) is 5.41 Å². The fourth-order valence-electron chi connectivity index (χ4n) is 1.64. The van der Waals surface area contributed by atoms with Crippen molar-refractivity contribution < 1.29 is 9.31 Å². The van der Waals surface area contributed by atoms with Gasteiger partial charge in [-0.1, -0.05) is 20.8 Å². The van der Waals surface area contributed by atoms with Crippen molar-refractivity contribution in [3.8, 4) is 0 Å². The minimum Gasteiger partial charge on any atom is -0.336 e. The van der Waals surface area contributed by atoms with Crippen LogP contribution < -0.4 is 5.84 Å². The highest BCUT2D eigenvalue weighted by Gasteiger charge is 2.24. The van der Waals surface area contributed by atoms with Gasteiger partial charge in [-0.2, -0.15) is 0 Å². The average molecular weight is 311 g/mol. The van der Waals surface area contributed by atoms with Crippen LogP contribution in [0.15, 0.2) is 28.3 Å². The number of non-ortho nitro benzene ring substituents is 1. The van der Waals surface area contributed by atoms with Crippen molar-refractivity contribution in [1.82, 2.24) is 14.9 Å². The summed E-state index contributed by atoms with van der Waals surface area (Å²) in [4.78, 5) is 10.1. The molecule has 7 nitrogen and oxygen atoms in total. The van der Waals surface area contributed by atoms with Crippen molar-refractivity contribution in [1.29, 1.82) is 0 Å². The molecule has 0 spiro atoms. The van der Waals surface area contributed by atoms with E-state index in [0.717, 1.165) is 17.8 Å². The summed E-state index contributed by atoms with van der Waals surface area (Å²) in [6.07, 6.45) is 0. The molecule has 0 aliphatic rings. The Morgan fingerprint density at radius 1 is 1.38 bits per heavy atom. The van der Waals surface area contributed by atoms with Gasteiger partial charge in [0.1, 0.15) is 5.82 Å². The van der Waals surface area contributed by atoms with Crippen molar-refractivity contribution in [3.63, 3.8) is 0 Å². The van der Waals surface area contributed by atoms with Crippen molar-refractivity contribution in [2.75, 3.05) is 5.84 Å². The van der Waals surface area contributed by atoms with E-state index < -0.39 is 10.7 Å². The van der Waals surface area contributed by atoms with Gasteiger partial charge in [0, 0.05) is 11.5 Å². The molecule has 0 aliphatic carbocycles. The maximum atomic E-state index is 13.8. The van der Waals surface area contributed by atoms with E-state index >= 15 is 0 Å². The third kappa shape index (κ3) is 3.13. The Kier molecular flexibility index (Phi) is 3.86. The number of aromatic nitrogens is 3. The molecule has 9 heteroatoms. The molecule has 0 radical (unpaired) electrons. The van der Waals surface area contributed by atoms with Crippen LogP contribution >= 0.6 is 11.8 Å². The molecule has 0 saturated carbocycles. The Morgan fingerprint density at radius 2 is 2.05 bits per heavy atom. The van der Waals surface area contributed by atoms with E-state index in [4.69, 9.17) is 5.84 Å². The smallest absolute Gasteiger partial charge is 0.272 e. The third-order valence-corrected chi connectivity index (χ3v) is 3.67. The van der Waals surface area contributed by atoms with Gasteiger partial charge in [0.2, 0.25) is 5.16 Å². The van der Waals surface area contributed by atoms with Gasteiger partial charge in [-0.25, -0.2) is 9.07 Å². The fraction of sp³-hybridized carbons (Fsp3) is 0.333. The number of nitro groups is 1. The average Bonchev–Trinajstić information content (AvgIpc) is 2.73. The molecule has 1 heterocycles. The van der Waals surface area contributed by atoms with E-state index in [0.29, 0.717) is 11.0 Å². The molecule has 0 aliphatic heterocycles. The monoisotopic (exact) mass is 311 g/mol. The largest absolute Gasteiger partial charge is 0.336 e. The molecule has 0 saturated heterocycles. The van der Waals surface area contributed by atoms with Crippen LogP contribution in [0.2, 0.25) is 0 Å². The number of benzene rings is 1. The molecule has 0 amide bonds. The lowest BCUT2D eigenvalue weighted by atomic mass is 9.96. The van der Waals surface area contributed by atoms with Gasteiger partial charge in [0.05, 0.1) is 15.9 Å². The number of nitrogens with two attached hydrogens (primary N) is 1. The zero-order valence-electron chi connectivity index (χ0n) is 11.7. The van der Waals surface area contributed by atoms with E-state index in [9.17, 15) is 14.5 Å². The first-order chi connectivity index (χ1) is 9.70. The molecular weight excluding hydrogens is 297 g/mol. The molecule has 0 unspecified atom stereocenters. The lowest BCUT2D eigenvalue weighted by molar-refractivity contribution is -0.385. The second-order valence-electron chi connectivity index (χ2n) is 5.40. The highest BCUT2D eigenvalue weighted by Crippen LogP contribution is 2.31. The number of halogens is 1. The van der Waals surface area contributed by atoms with E-state index in [-0.39, 0.29) is 16.0 Å². The summed E-state index contributed by atoms with van der Waals surface area (Å²) in [6, 6.07) is 3.42. The van der Waals surface area contributed by atoms with Gasteiger partial charge in [-0.15, -0.1) is 10.2 Å². The summed E-state index contributed by atoms with van der Waals surface area (Å²) in [5.74, 6) is 5.77. The first kappa shape index (κ1) is 15.2. The quantitative estimate of drug-likeness (QED) is 0.531. The first-order valence-corrected chi connectivity index (χ1v) is 6.84. The predicted molar refractivity (Wildman–Crippen MR) is 76.0 cm³/mol. The lowest BCUT2D eigenvalue weighted by Crippen LogP contribution is -2.24. The maximum Gasteiger partial charge on any atom is 0.272 e. The van der Waals surface area contributed by atoms with Gasteiger partial charge in [-0.05, 0) is 17.8 Å². The first-order valence-electron chi connectivity index (χ1n) is 6.03. The maximum absolute atomic E-state index is 13.8. The minimum atomic E-state index is -0.700. The summed E-state index contributed by atoms with van der Waals surface area (Å²) < 4.78 is 15.1. The number of rotatable bonds is 3. The van der Waals surface area contributed by atoms with Gasteiger partial charge >= 0.3 is 0 Å². The Hall–Kier alpha value is -2.16. The van der Waals surface area contributed by atoms with Crippen LogP contribution in [0.4, 0.5) is 10.1 Å². The molecular formula is C12H14FN5O2S. The zero-order valence-corrected chi connectivity index (χ0v) is 12.5. The van der Waals surface area contributed by atoms with E-state index in [1.165, 1.54) is 16.8 Å². The van der Waals surface area contributed by atoms with Gasteiger partial charge < -0.3 is 5.84 Å². The summed E-state index contributed by atoms with van der Waals surface area (Å²) >= 11 is 0.965. The van der Waals surface area contributed by atoms with Crippen molar-refractivity contribution in [2.24, 2.45) is 0 Å². The normalized spacial score (nSPS) is 11.6. The van der Waals surface area contributed by atoms with E-state index in [1.54, 1.807) is 0 Å². The molecule has 2 N–H and O–H groups in total. The van der Waals surface area contributed by atoms with Crippen LogP contribution in [-0.4, -0.2) is 19.8 Å². The second kappa shape index (κ2) is 5.32. The molecule has 2 rings (SSSR count). The van der Waals surface area contributed by atoms with E-state index in [1.807, 2.05) is 20.8 Å².